The van der Waals surface area contributed by atoms with Crippen molar-refractivity contribution in [2.24, 2.45) is 29.4 Å². The third kappa shape index (κ3) is 2.40. The van der Waals surface area contributed by atoms with Crippen LogP contribution in [0, 0.1) is 23.7 Å². The normalized spacial score (nSPS) is 30.6. The van der Waals surface area contributed by atoms with Gasteiger partial charge in [0.15, 0.2) is 0 Å². The van der Waals surface area contributed by atoms with Gasteiger partial charge in [-0.2, -0.15) is 0 Å². The van der Waals surface area contributed by atoms with E-state index in [1.54, 1.807) is 0 Å². The third-order valence-corrected chi connectivity index (χ3v) is 5.34. The van der Waals surface area contributed by atoms with Crippen LogP contribution in [0.25, 0.3) is 0 Å². The summed E-state index contributed by atoms with van der Waals surface area (Å²) in [4.78, 5) is 0. The minimum atomic E-state index is -0.219. The van der Waals surface area contributed by atoms with Crippen LogP contribution in [0.5, 0.6) is 0 Å². The van der Waals surface area contributed by atoms with Crippen molar-refractivity contribution in [2.45, 2.75) is 45.1 Å². The van der Waals surface area contributed by atoms with Gasteiger partial charge in [-0.3, -0.25) is 0 Å². The van der Waals surface area contributed by atoms with Crippen LogP contribution in [0.15, 0.2) is 24.3 Å². The predicted molar refractivity (Wildman–Crippen MR) is 82.5 cm³/mol. The smallest absolute Gasteiger partial charge is 0.0617 e. The van der Waals surface area contributed by atoms with E-state index in [2.05, 4.69) is 38.1 Å². The molecule has 3 N–H and O–H groups in total. The molecule has 0 radical (unpaired) electrons. The van der Waals surface area contributed by atoms with E-state index in [-0.39, 0.29) is 12.0 Å². The Labute approximate surface area is 122 Å². The maximum Gasteiger partial charge on any atom is 0.0617 e. The zero-order valence-corrected chi connectivity index (χ0v) is 12.6. The van der Waals surface area contributed by atoms with E-state index in [1.807, 2.05) is 0 Å². The first-order valence-corrected chi connectivity index (χ1v) is 8.09. The average Bonchev–Trinajstić information content (AvgIpc) is 3.18. The van der Waals surface area contributed by atoms with Crippen molar-refractivity contribution in [3.8, 4) is 0 Å². The van der Waals surface area contributed by atoms with Gasteiger partial charge >= 0.3 is 0 Å². The van der Waals surface area contributed by atoms with E-state index in [1.165, 1.54) is 24.0 Å². The highest BCUT2D eigenvalue weighted by molar-refractivity contribution is 5.39. The zero-order chi connectivity index (χ0) is 14.3. The number of aliphatic hydroxyl groups is 1. The molecule has 1 fully saturated rings. The van der Waals surface area contributed by atoms with Gasteiger partial charge in [0.05, 0.1) is 6.10 Å². The molecule has 0 aliphatic heterocycles. The van der Waals surface area contributed by atoms with E-state index in [0.29, 0.717) is 30.2 Å². The topological polar surface area (TPSA) is 46.2 Å². The monoisotopic (exact) mass is 273 g/mol. The molecule has 5 unspecified atom stereocenters. The summed E-state index contributed by atoms with van der Waals surface area (Å²) in [6, 6.07) is 8.78. The first-order chi connectivity index (χ1) is 9.63. The highest BCUT2D eigenvalue weighted by Gasteiger charge is 2.57. The van der Waals surface area contributed by atoms with Gasteiger partial charge in [-0.1, -0.05) is 38.1 Å². The Morgan fingerprint density at radius 3 is 2.75 bits per heavy atom. The van der Waals surface area contributed by atoms with Crippen molar-refractivity contribution in [2.75, 3.05) is 6.54 Å². The van der Waals surface area contributed by atoms with E-state index in [4.69, 9.17) is 5.73 Å². The Balaban J connectivity index is 1.74. The lowest BCUT2D eigenvalue weighted by atomic mass is 9.88. The van der Waals surface area contributed by atoms with E-state index in [0.717, 1.165) is 6.42 Å². The number of fused-ring (bicyclic) bond motifs is 3. The van der Waals surface area contributed by atoms with Gasteiger partial charge < -0.3 is 10.8 Å². The minimum absolute atomic E-state index is 0.219. The molecule has 1 aromatic rings. The van der Waals surface area contributed by atoms with Gasteiger partial charge in [0, 0.05) is 0 Å². The molecule has 20 heavy (non-hydrogen) atoms. The number of hydrogen-bond donors (Lipinski definition) is 2. The van der Waals surface area contributed by atoms with Gasteiger partial charge in [0.1, 0.15) is 0 Å². The number of rotatable bonds is 5. The maximum atomic E-state index is 10.8. The van der Waals surface area contributed by atoms with E-state index < -0.39 is 0 Å². The molecule has 0 aromatic heterocycles. The van der Waals surface area contributed by atoms with Crippen LogP contribution in [-0.2, 0) is 6.42 Å². The predicted octanol–water partition coefficient (Wildman–Crippen LogP) is 2.94. The number of hydrogen-bond acceptors (Lipinski definition) is 2. The molecule has 1 saturated carbocycles. The Bertz CT molecular complexity index is 470. The third-order valence-electron chi connectivity index (χ3n) is 5.34. The number of aliphatic hydroxyl groups excluding tert-OH is 1. The van der Waals surface area contributed by atoms with Crippen molar-refractivity contribution in [1.82, 2.24) is 0 Å². The Morgan fingerprint density at radius 1 is 1.30 bits per heavy atom. The molecule has 0 saturated heterocycles. The lowest BCUT2D eigenvalue weighted by Gasteiger charge is -2.23. The van der Waals surface area contributed by atoms with Crippen LogP contribution < -0.4 is 5.73 Å². The van der Waals surface area contributed by atoms with Gasteiger partial charge in [0.2, 0.25) is 0 Å². The van der Waals surface area contributed by atoms with Crippen LogP contribution in [0.1, 0.15) is 43.7 Å². The van der Waals surface area contributed by atoms with Crippen LogP contribution in [-0.4, -0.2) is 17.8 Å². The van der Waals surface area contributed by atoms with Crippen molar-refractivity contribution in [3.63, 3.8) is 0 Å². The van der Waals surface area contributed by atoms with Crippen LogP contribution in [0.4, 0.5) is 0 Å². The van der Waals surface area contributed by atoms with E-state index >= 15 is 0 Å². The fraction of sp³-hybridized carbons (Fsp3) is 0.667. The molecule has 110 valence electrons. The molecule has 5 atom stereocenters. The quantitative estimate of drug-likeness (QED) is 0.866. The van der Waals surface area contributed by atoms with Crippen molar-refractivity contribution in [1.29, 1.82) is 0 Å². The van der Waals surface area contributed by atoms with Crippen LogP contribution >= 0.6 is 0 Å². The summed E-state index contributed by atoms with van der Waals surface area (Å²) in [5.41, 5.74) is 8.90. The number of aryl methyl sites for hydroxylation is 1. The second kappa shape index (κ2) is 5.50. The molecule has 1 aromatic carbocycles. The van der Waals surface area contributed by atoms with E-state index in [9.17, 15) is 5.11 Å². The lowest BCUT2D eigenvalue weighted by molar-refractivity contribution is 0.0725. The molecule has 2 aliphatic rings. The molecule has 0 bridgehead atoms. The Hall–Kier alpha value is -0.860. The summed E-state index contributed by atoms with van der Waals surface area (Å²) in [6.45, 7) is 5.03. The van der Waals surface area contributed by atoms with Crippen molar-refractivity contribution < 1.29 is 5.11 Å². The number of benzene rings is 1. The summed E-state index contributed by atoms with van der Waals surface area (Å²) in [5.74, 6) is 2.60. The van der Waals surface area contributed by atoms with Crippen LogP contribution in [0.2, 0.25) is 0 Å². The summed E-state index contributed by atoms with van der Waals surface area (Å²) in [5, 5.41) is 10.8. The summed E-state index contributed by atoms with van der Waals surface area (Å²) >= 11 is 0. The molecular weight excluding hydrogens is 246 g/mol. The largest absolute Gasteiger partial charge is 0.392 e. The average molecular weight is 273 g/mol. The molecule has 2 nitrogen and oxygen atoms in total. The SMILES string of the molecule is CC(C)CC(CN)C(O)C1C2CCc3ccccc3C21. The fourth-order valence-electron chi connectivity index (χ4n) is 4.38. The van der Waals surface area contributed by atoms with Gasteiger partial charge in [-0.25, -0.2) is 0 Å². The molecule has 0 spiro atoms. The van der Waals surface area contributed by atoms with Crippen LogP contribution in [0.3, 0.4) is 0 Å². The standard InChI is InChI=1S/C18H27NO/c1-11(2)9-13(10-19)18(20)17-15-8-7-12-5-3-4-6-14(12)16(15)17/h3-6,11,13,15-18,20H,7-10,19H2,1-2H3. The highest BCUT2D eigenvalue weighted by atomic mass is 16.3. The van der Waals surface area contributed by atoms with Gasteiger partial charge in [0.25, 0.3) is 0 Å². The molecule has 0 amide bonds. The highest BCUT2D eigenvalue weighted by Crippen LogP contribution is 2.62. The molecule has 3 rings (SSSR count). The summed E-state index contributed by atoms with van der Waals surface area (Å²) in [6.07, 6.45) is 3.24. The Kier molecular flexibility index (Phi) is 3.87. The second-order valence-electron chi connectivity index (χ2n) is 7.12. The van der Waals surface area contributed by atoms with Crippen molar-refractivity contribution in [3.05, 3.63) is 35.4 Å². The maximum absolute atomic E-state index is 10.8. The summed E-state index contributed by atoms with van der Waals surface area (Å²) < 4.78 is 0. The fourth-order valence-corrected chi connectivity index (χ4v) is 4.38. The molecular formula is C18H27NO. The number of nitrogens with two attached hydrogens (primary N) is 1. The molecule has 2 heteroatoms. The van der Waals surface area contributed by atoms with Crippen molar-refractivity contribution >= 4 is 0 Å². The first kappa shape index (κ1) is 14.1. The summed E-state index contributed by atoms with van der Waals surface area (Å²) in [7, 11) is 0. The second-order valence-corrected chi connectivity index (χ2v) is 7.12. The van der Waals surface area contributed by atoms with Gasteiger partial charge in [-0.15, -0.1) is 0 Å². The lowest BCUT2D eigenvalue weighted by Crippen LogP contribution is -2.31. The first-order valence-electron chi connectivity index (χ1n) is 8.09. The minimum Gasteiger partial charge on any atom is -0.392 e. The van der Waals surface area contributed by atoms with Gasteiger partial charge in [-0.05, 0) is 66.5 Å². The molecule has 2 aliphatic carbocycles. The zero-order valence-electron chi connectivity index (χ0n) is 12.6. The Morgan fingerprint density at radius 2 is 2.05 bits per heavy atom. The molecule has 0 heterocycles.